The normalized spacial score (nSPS) is 30.2. The highest BCUT2D eigenvalue weighted by molar-refractivity contribution is 7.64. The Bertz CT molecular complexity index is 179. The highest BCUT2D eigenvalue weighted by atomic mass is 31.2. The summed E-state index contributed by atoms with van der Waals surface area (Å²) in [7, 11) is -1.67. The van der Waals surface area contributed by atoms with Crippen LogP contribution >= 0.6 is 7.14 Å². The molecule has 0 aromatic carbocycles. The van der Waals surface area contributed by atoms with Crippen LogP contribution in [0.4, 0.5) is 0 Å². The zero-order chi connectivity index (χ0) is 7.73. The van der Waals surface area contributed by atoms with Crippen molar-refractivity contribution in [2.45, 2.75) is 12.8 Å². The van der Waals surface area contributed by atoms with Crippen LogP contribution in [0.15, 0.2) is 0 Å². The molecule has 1 N–H and O–H groups in total. The van der Waals surface area contributed by atoms with E-state index in [2.05, 4.69) is 5.32 Å². The molecule has 2 rings (SSSR count). The van der Waals surface area contributed by atoms with Crippen molar-refractivity contribution in [3.63, 3.8) is 0 Å². The summed E-state index contributed by atoms with van der Waals surface area (Å²) in [5.74, 6) is 0.846. The predicted molar refractivity (Wildman–Crippen MR) is 47.8 cm³/mol. The van der Waals surface area contributed by atoms with Crippen LogP contribution < -0.4 is 5.32 Å². The molecule has 1 heterocycles. The molecular weight excluding hydrogens is 157 g/mol. The van der Waals surface area contributed by atoms with E-state index in [1.54, 1.807) is 0 Å². The minimum Gasteiger partial charge on any atom is -0.323 e. The topological polar surface area (TPSA) is 29.1 Å². The lowest BCUT2D eigenvalue weighted by molar-refractivity contribution is 0.559. The summed E-state index contributed by atoms with van der Waals surface area (Å²) in [6.07, 6.45) is 5.68. The Kier molecular flexibility index (Phi) is 2.07. The molecule has 0 radical (unpaired) electrons. The summed E-state index contributed by atoms with van der Waals surface area (Å²) in [6, 6.07) is 0. The second-order valence-electron chi connectivity index (χ2n) is 3.88. The van der Waals surface area contributed by atoms with E-state index in [4.69, 9.17) is 0 Å². The summed E-state index contributed by atoms with van der Waals surface area (Å²) in [5.41, 5.74) is 0. The van der Waals surface area contributed by atoms with E-state index in [1.807, 2.05) is 0 Å². The molecule has 1 aliphatic carbocycles. The van der Waals surface area contributed by atoms with E-state index in [0.717, 1.165) is 37.5 Å². The van der Waals surface area contributed by atoms with Crippen molar-refractivity contribution in [2.24, 2.45) is 5.92 Å². The first-order chi connectivity index (χ1) is 5.29. The first-order valence-electron chi connectivity index (χ1n) is 4.56. The van der Waals surface area contributed by atoms with Crippen LogP contribution in [0.25, 0.3) is 0 Å². The maximum absolute atomic E-state index is 12.0. The third-order valence-electron chi connectivity index (χ3n) is 2.68. The van der Waals surface area contributed by atoms with Crippen LogP contribution in [0.1, 0.15) is 12.8 Å². The third kappa shape index (κ3) is 2.07. The van der Waals surface area contributed by atoms with Gasteiger partial charge in [-0.3, -0.25) is 0 Å². The van der Waals surface area contributed by atoms with Gasteiger partial charge in [-0.25, -0.2) is 0 Å². The Hall–Kier alpha value is 0.190. The number of rotatable bonds is 2. The van der Waals surface area contributed by atoms with Crippen LogP contribution in [0.3, 0.4) is 0 Å². The fourth-order valence-electron chi connectivity index (χ4n) is 1.76. The van der Waals surface area contributed by atoms with Crippen LogP contribution in [0, 0.1) is 5.92 Å². The van der Waals surface area contributed by atoms with Gasteiger partial charge < -0.3 is 9.88 Å². The lowest BCUT2D eigenvalue weighted by atomic mass is 10.5. The maximum Gasteiger partial charge on any atom is 0.0905 e. The second kappa shape index (κ2) is 2.91. The molecular formula is C8H16NOP. The summed E-state index contributed by atoms with van der Waals surface area (Å²) >= 11 is 0. The predicted octanol–water partition coefficient (Wildman–Crippen LogP) is 1.36. The lowest BCUT2D eigenvalue weighted by Crippen LogP contribution is -2.29. The van der Waals surface area contributed by atoms with E-state index in [9.17, 15) is 4.57 Å². The smallest absolute Gasteiger partial charge is 0.0905 e. The van der Waals surface area contributed by atoms with Gasteiger partial charge in [-0.15, -0.1) is 0 Å². The van der Waals surface area contributed by atoms with Gasteiger partial charge in [0.05, 0.1) is 7.14 Å². The number of hydrogen-bond donors (Lipinski definition) is 1. The van der Waals surface area contributed by atoms with Crippen molar-refractivity contribution in [2.75, 3.05) is 31.6 Å². The fourth-order valence-corrected chi connectivity index (χ4v) is 4.78. The third-order valence-corrected chi connectivity index (χ3v) is 5.94. The van der Waals surface area contributed by atoms with Gasteiger partial charge in [0.2, 0.25) is 0 Å². The minimum atomic E-state index is -1.67. The van der Waals surface area contributed by atoms with Crippen molar-refractivity contribution in [1.29, 1.82) is 0 Å². The van der Waals surface area contributed by atoms with Gasteiger partial charge in [0, 0.05) is 31.6 Å². The van der Waals surface area contributed by atoms with Gasteiger partial charge in [0.15, 0.2) is 0 Å². The van der Waals surface area contributed by atoms with Crippen LogP contribution in [-0.4, -0.2) is 31.6 Å². The first kappa shape index (κ1) is 7.82. The average molecular weight is 173 g/mol. The molecule has 0 atom stereocenters. The molecule has 2 fully saturated rings. The Labute approximate surface area is 68.1 Å². The van der Waals surface area contributed by atoms with Crippen LogP contribution in [-0.2, 0) is 4.57 Å². The van der Waals surface area contributed by atoms with Gasteiger partial charge in [-0.1, -0.05) is 0 Å². The van der Waals surface area contributed by atoms with Crippen molar-refractivity contribution in [3.05, 3.63) is 0 Å². The van der Waals surface area contributed by atoms with E-state index >= 15 is 0 Å². The molecule has 0 spiro atoms. The maximum atomic E-state index is 12.0. The largest absolute Gasteiger partial charge is 0.323 e. The number of hydrogen-bond acceptors (Lipinski definition) is 2. The van der Waals surface area contributed by atoms with Gasteiger partial charge in [0.1, 0.15) is 0 Å². The standard InChI is InChI=1S/C8H16NOP/c10-11(7-8-1-2-8)5-3-9-4-6-11/h8-9H,1-7H2. The Morgan fingerprint density at radius 1 is 1.27 bits per heavy atom. The molecule has 1 aliphatic heterocycles. The fraction of sp³-hybridized carbons (Fsp3) is 1.00. The SMILES string of the molecule is O=P1(CC2CC2)CCNCC1. The van der Waals surface area contributed by atoms with E-state index < -0.39 is 7.14 Å². The molecule has 0 bridgehead atoms. The first-order valence-corrected chi connectivity index (χ1v) is 6.83. The molecule has 3 heteroatoms. The zero-order valence-electron chi connectivity index (χ0n) is 6.88. The summed E-state index contributed by atoms with van der Waals surface area (Å²) in [5, 5.41) is 3.26. The molecule has 0 unspecified atom stereocenters. The quantitative estimate of drug-likeness (QED) is 0.639. The monoisotopic (exact) mass is 173 g/mol. The highest BCUT2D eigenvalue weighted by Crippen LogP contribution is 2.52. The molecule has 64 valence electrons. The average Bonchev–Trinajstić information content (AvgIpc) is 2.72. The van der Waals surface area contributed by atoms with E-state index in [-0.39, 0.29) is 0 Å². The molecule has 0 amide bonds. The zero-order valence-corrected chi connectivity index (χ0v) is 7.78. The van der Waals surface area contributed by atoms with Gasteiger partial charge in [0.25, 0.3) is 0 Å². The molecule has 1 saturated carbocycles. The van der Waals surface area contributed by atoms with Crippen molar-refractivity contribution >= 4 is 7.14 Å². The van der Waals surface area contributed by atoms with Crippen LogP contribution in [0.5, 0.6) is 0 Å². The molecule has 2 nitrogen and oxygen atoms in total. The van der Waals surface area contributed by atoms with Crippen molar-refractivity contribution in [3.8, 4) is 0 Å². The number of nitrogens with one attached hydrogen (secondary N) is 1. The highest BCUT2D eigenvalue weighted by Gasteiger charge is 2.33. The van der Waals surface area contributed by atoms with Crippen molar-refractivity contribution in [1.82, 2.24) is 5.32 Å². The molecule has 11 heavy (non-hydrogen) atoms. The summed E-state index contributed by atoms with van der Waals surface area (Å²) in [4.78, 5) is 0. The minimum absolute atomic E-state index is 0.846. The second-order valence-corrected chi connectivity index (χ2v) is 7.26. The summed E-state index contributed by atoms with van der Waals surface area (Å²) in [6.45, 7) is 1.98. The van der Waals surface area contributed by atoms with E-state index in [1.165, 1.54) is 12.8 Å². The Balaban J connectivity index is 1.89. The molecule has 1 saturated heterocycles. The lowest BCUT2D eigenvalue weighted by Gasteiger charge is -2.23. The van der Waals surface area contributed by atoms with Crippen LogP contribution in [0.2, 0.25) is 0 Å². The summed E-state index contributed by atoms with van der Waals surface area (Å²) < 4.78 is 12.0. The van der Waals surface area contributed by atoms with Crippen molar-refractivity contribution < 1.29 is 4.57 Å². The van der Waals surface area contributed by atoms with Gasteiger partial charge in [-0.05, 0) is 18.8 Å². The molecule has 0 aromatic rings. The van der Waals surface area contributed by atoms with Gasteiger partial charge >= 0.3 is 0 Å². The van der Waals surface area contributed by atoms with E-state index in [0.29, 0.717) is 0 Å². The molecule has 2 aliphatic rings. The Morgan fingerprint density at radius 2 is 1.91 bits per heavy atom. The molecule has 0 aromatic heterocycles. The van der Waals surface area contributed by atoms with Gasteiger partial charge in [-0.2, -0.15) is 0 Å². The Morgan fingerprint density at radius 3 is 2.45 bits per heavy atom.